The Morgan fingerprint density at radius 1 is 1.22 bits per heavy atom. The number of rotatable bonds is 4. The van der Waals surface area contributed by atoms with Crippen LogP contribution in [0.1, 0.15) is 4.88 Å². The fourth-order valence-electron chi connectivity index (χ4n) is 1.35. The number of hydrogen-bond donors (Lipinski definition) is 1. The van der Waals surface area contributed by atoms with Gasteiger partial charge in [-0.05, 0) is 23.6 Å². The second kappa shape index (κ2) is 5.13. The van der Waals surface area contributed by atoms with Crippen molar-refractivity contribution in [3.05, 3.63) is 52.2 Å². The number of nitrogens with one attached hydrogen (secondary N) is 1. The van der Waals surface area contributed by atoms with Gasteiger partial charge in [-0.1, -0.05) is 6.07 Å². The summed E-state index contributed by atoms with van der Waals surface area (Å²) < 4.78 is 51.9. The summed E-state index contributed by atoms with van der Waals surface area (Å²) in [4.78, 5) is 0.251. The molecule has 0 radical (unpaired) electrons. The average Bonchev–Trinajstić information content (AvgIpc) is 2.78. The van der Waals surface area contributed by atoms with E-state index in [1.165, 1.54) is 11.3 Å². The third-order valence-corrected chi connectivity index (χ3v) is 4.51. The molecule has 0 atom stereocenters. The molecular weight excluding hydrogens is 280 g/mol. The van der Waals surface area contributed by atoms with E-state index in [1.54, 1.807) is 12.1 Å². The standard InChI is InChI=1S/C11H9F2NO2S2/c12-8-3-4-11(10(13)6-8)18(15,16)14-7-9-2-1-5-17-9/h1-6,14H,7H2. The molecule has 0 saturated heterocycles. The summed E-state index contributed by atoms with van der Waals surface area (Å²) in [6.45, 7) is 0.0802. The molecule has 2 aromatic rings. The van der Waals surface area contributed by atoms with E-state index in [1.807, 2.05) is 5.38 Å². The molecule has 1 aromatic heterocycles. The summed E-state index contributed by atoms with van der Waals surface area (Å²) in [5, 5.41) is 1.81. The lowest BCUT2D eigenvalue weighted by Crippen LogP contribution is -2.23. The van der Waals surface area contributed by atoms with E-state index in [-0.39, 0.29) is 6.54 Å². The highest BCUT2D eigenvalue weighted by molar-refractivity contribution is 7.89. The quantitative estimate of drug-likeness (QED) is 0.940. The predicted octanol–water partition coefficient (Wildman–Crippen LogP) is 2.50. The van der Waals surface area contributed by atoms with Crippen LogP contribution in [0.5, 0.6) is 0 Å². The molecule has 0 aliphatic heterocycles. The van der Waals surface area contributed by atoms with Crippen LogP contribution in [-0.4, -0.2) is 8.42 Å². The maximum Gasteiger partial charge on any atom is 0.243 e. The highest BCUT2D eigenvalue weighted by Crippen LogP contribution is 2.16. The molecule has 1 heterocycles. The fourth-order valence-corrected chi connectivity index (χ4v) is 3.15. The minimum absolute atomic E-state index is 0.0802. The number of sulfonamides is 1. The fraction of sp³-hybridized carbons (Fsp3) is 0.0909. The summed E-state index contributed by atoms with van der Waals surface area (Å²) in [6, 6.07) is 5.89. The SMILES string of the molecule is O=S(=O)(NCc1cccs1)c1ccc(F)cc1F. The van der Waals surface area contributed by atoms with E-state index >= 15 is 0 Å². The summed E-state index contributed by atoms with van der Waals surface area (Å²) in [7, 11) is -3.97. The maximum atomic E-state index is 13.4. The van der Waals surface area contributed by atoms with Crippen LogP contribution in [0.25, 0.3) is 0 Å². The first-order valence-electron chi connectivity index (χ1n) is 4.96. The molecule has 3 nitrogen and oxygen atoms in total. The van der Waals surface area contributed by atoms with E-state index in [2.05, 4.69) is 4.72 Å². The Labute approximate surface area is 107 Å². The molecule has 0 saturated carbocycles. The van der Waals surface area contributed by atoms with Crippen LogP contribution in [0.4, 0.5) is 8.78 Å². The third kappa shape index (κ3) is 2.92. The Balaban J connectivity index is 2.20. The van der Waals surface area contributed by atoms with Crippen LogP contribution in [0.15, 0.2) is 40.6 Å². The lowest BCUT2D eigenvalue weighted by molar-refractivity contribution is 0.543. The molecule has 2 rings (SSSR count). The van der Waals surface area contributed by atoms with Crippen LogP contribution < -0.4 is 4.72 Å². The summed E-state index contributed by atoms with van der Waals surface area (Å²) >= 11 is 1.38. The molecule has 96 valence electrons. The van der Waals surface area contributed by atoms with E-state index in [9.17, 15) is 17.2 Å². The largest absolute Gasteiger partial charge is 0.243 e. The van der Waals surface area contributed by atoms with Crippen molar-refractivity contribution in [1.29, 1.82) is 0 Å². The Hall–Kier alpha value is -1.31. The number of halogens is 2. The Bertz CT molecular complexity index is 639. The zero-order valence-electron chi connectivity index (χ0n) is 9.06. The second-order valence-electron chi connectivity index (χ2n) is 3.48. The van der Waals surface area contributed by atoms with E-state index in [0.717, 1.165) is 17.0 Å². The minimum Gasteiger partial charge on any atom is -0.207 e. The summed E-state index contributed by atoms with van der Waals surface area (Å²) in [5.41, 5.74) is 0. The van der Waals surface area contributed by atoms with E-state index in [4.69, 9.17) is 0 Å². The molecule has 1 N–H and O–H groups in total. The van der Waals surface area contributed by atoms with Crippen LogP contribution in [-0.2, 0) is 16.6 Å². The first-order valence-corrected chi connectivity index (χ1v) is 7.32. The average molecular weight is 289 g/mol. The van der Waals surface area contributed by atoms with Crippen molar-refractivity contribution in [3.8, 4) is 0 Å². The van der Waals surface area contributed by atoms with Crippen LogP contribution in [0, 0.1) is 11.6 Å². The van der Waals surface area contributed by atoms with E-state index < -0.39 is 26.6 Å². The minimum atomic E-state index is -3.97. The zero-order chi connectivity index (χ0) is 13.2. The molecule has 0 aliphatic rings. The topological polar surface area (TPSA) is 46.2 Å². The molecule has 0 bridgehead atoms. The van der Waals surface area contributed by atoms with Crippen molar-refractivity contribution in [3.63, 3.8) is 0 Å². The molecule has 0 fully saturated rings. The van der Waals surface area contributed by atoms with Crippen molar-refractivity contribution in [2.75, 3.05) is 0 Å². The molecule has 0 unspecified atom stereocenters. The van der Waals surface area contributed by atoms with Gasteiger partial charge in [-0.15, -0.1) is 11.3 Å². The Morgan fingerprint density at radius 3 is 2.61 bits per heavy atom. The van der Waals surface area contributed by atoms with Gasteiger partial charge in [-0.25, -0.2) is 21.9 Å². The first-order chi connectivity index (χ1) is 8.49. The van der Waals surface area contributed by atoms with Crippen molar-refractivity contribution >= 4 is 21.4 Å². The van der Waals surface area contributed by atoms with Gasteiger partial charge < -0.3 is 0 Å². The van der Waals surface area contributed by atoms with Gasteiger partial charge in [0.15, 0.2) is 0 Å². The van der Waals surface area contributed by atoms with Crippen LogP contribution in [0.3, 0.4) is 0 Å². The van der Waals surface area contributed by atoms with Crippen molar-refractivity contribution in [2.24, 2.45) is 0 Å². The first kappa shape index (κ1) is 13.1. The molecule has 18 heavy (non-hydrogen) atoms. The van der Waals surface area contributed by atoms with Crippen molar-refractivity contribution in [2.45, 2.75) is 11.4 Å². The number of benzene rings is 1. The Kier molecular flexibility index (Phi) is 3.74. The highest BCUT2D eigenvalue weighted by atomic mass is 32.2. The molecule has 7 heteroatoms. The maximum absolute atomic E-state index is 13.4. The second-order valence-corrected chi connectivity index (χ2v) is 6.25. The van der Waals surface area contributed by atoms with Crippen molar-refractivity contribution < 1.29 is 17.2 Å². The molecular formula is C11H9F2NO2S2. The molecule has 1 aromatic carbocycles. The van der Waals surface area contributed by atoms with E-state index in [0.29, 0.717) is 6.07 Å². The third-order valence-electron chi connectivity index (χ3n) is 2.20. The lowest BCUT2D eigenvalue weighted by Gasteiger charge is -2.06. The van der Waals surface area contributed by atoms with Gasteiger partial charge in [0.25, 0.3) is 0 Å². The van der Waals surface area contributed by atoms with Gasteiger partial charge in [-0.2, -0.15) is 0 Å². The van der Waals surface area contributed by atoms with Crippen molar-refractivity contribution in [1.82, 2.24) is 4.72 Å². The zero-order valence-corrected chi connectivity index (χ0v) is 10.7. The summed E-state index contributed by atoms with van der Waals surface area (Å²) in [6.07, 6.45) is 0. The number of thiophene rings is 1. The van der Waals surface area contributed by atoms with Gasteiger partial charge in [-0.3, -0.25) is 0 Å². The molecule has 0 amide bonds. The predicted molar refractivity (Wildman–Crippen MR) is 64.7 cm³/mol. The van der Waals surface area contributed by atoms with Gasteiger partial charge in [0, 0.05) is 17.5 Å². The number of hydrogen-bond acceptors (Lipinski definition) is 3. The monoisotopic (exact) mass is 289 g/mol. The Morgan fingerprint density at radius 2 is 2.00 bits per heavy atom. The van der Waals surface area contributed by atoms with Crippen LogP contribution in [0.2, 0.25) is 0 Å². The normalized spacial score (nSPS) is 11.7. The smallest absolute Gasteiger partial charge is 0.207 e. The van der Waals surface area contributed by atoms with Gasteiger partial charge in [0.2, 0.25) is 10.0 Å². The molecule has 0 spiro atoms. The van der Waals surface area contributed by atoms with Gasteiger partial charge in [0.1, 0.15) is 16.5 Å². The molecule has 0 aliphatic carbocycles. The van der Waals surface area contributed by atoms with Gasteiger partial charge in [0.05, 0.1) is 0 Å². The van der Waals surface area contributed by atoms with Crippen LogP contribution >= 0.6 is 11.3 Å². The van der Waals surface area contributed by atoms with Gasteiger partial charge >= 0.3 is 0 Å². The lowest BCUT2D eigenvalue weighted by atomic mass is 10.3. The summed E-state index contributed by atoms with van der Waals surface area (Å²) in [5.74, 6) is -1.92. The highest BCUT2D eigenvalue weighted by Gasteiger charge is 2.19.